The first kappa shape index (κ1) is 13.9. The van der Waals surface area contributed by atoms with Crippen molar-refractivity contribution in [2.75, 3.05) is 0 Å². The van der Waals surface area contributed by atoms with Crippen LogP contribution < -0.4 is 0 Å². The Bertz CT molecular complexity index is 503. The van der Waals surface area contributed by atoms with Crippen LogP contribution in [-0.2, 0) is 10.1 Å². The van der Waals surface area contributed by atoms with Gasteiger partial charge >= 0.3 is 0 Å². The van der Waals surface area contributed by atoms with Crippen LogP contribution in [0.2, 0.25) is 0 Å². The van der Waals surface area contributed by atoms with Crippen LogP contribution in [0.3, 0.4) is 0 Å². The summed E-state index contributed by atoms with van der Waals surface area (Å²) in [5, 5.41) is -0.861. The molecule has 1 aromatic carbocycles. The van der Waals surface area contributed by atoms with Gasteiger partial charge in [-0.1, -0.05) is 49.8 Å². The van der Waals surface area contributed by atoms with E-state index >= 15 is 0 Å². The van der Waals surface area contributed by atoms with E-state index in [0.29, 0.717) is 18.4 Å². The van der Waals surface area contributed by atoms with E-state index < -0.39 is 15.4 Å². The van der Waals surface area contributed by atoms with Crippen molar-refractivity contribution in [2.24, 2.45) is 0 Å². The minimum Gasteiger partial charge on any atom is -0.285 e. The van der Waals surface area contributed by atoms with E-state index in [4.69, 9.17) is 0 Å². The van der Waals surface area contributed by atoms with Gasteiger partial charge in [0.25, 0.3) is 10.1 Å². The monoisotopic (exact) mass is 254 g/mol. The Morgan fingerprint density at radius 2 is 2.00 bits per heavy atom. The van der Waals surface area contributed by atoms with E-state index in [1.807, 2.05) is 26.0 Å². The predicted octanol–water partition coefficient (Wildman–Crippen LogP) is 3.45. The normalized spacial score (nSPS) is 13.4. The number of benzene rings is 1. The Balaban J connectivity index is 3.33. The molecule has 0 radical (unpaired) electrons. The number of rotatable bonds is 5. The molecule has 3 nitrogen and oxygen atoms in total. The van der Waals surface area contributed by atoms with Crippen LogP contribution >= 0.6 is 0 Å². The maximum Gasteiger partial charge on any atom is 0.272 e. The molecular formula is C13H18O3S. The van der Waals surface area contributed by atoms with Gasteiger partial charge in [-0.2, -0.15) is 8.42 Å². The van der Waals surface area contributed by atoms with Gasteiger partial charge in [0.05, 0.1) is 0 Å². The van der Waals surface area contributed by atoms with Gasteiger partial charge in [-0.05, 0) is 24.5 Å². The largest absolute Gasteiger partial charge is 0.285 e. The van der Waals surface area contributed by atoms with E-state index in [1.165, 1.54) is 0 Å². The van der Waals surface area contributed by atoms with E-state index in [1.54, 1.807) is 12.1 Å². The molecule has 1 unspecified atom stereocenters. The molecule has 0 aliphatic carbocycles. The number of hydrogen-bond acceptors (Lipinski definition) is 2. The van der Waals surface area contributed by atoms with Crippen molar-refractivity contribution in [1.29, 1.82) is 0 Å². The summed E-state index contributed by atoms with van der Waals surface area (Å²) in [7, 11) is -4.08. The third kappa shape index (κ3) is 3.41. The van der Waals surface area contributed by atoms with E-state index in [9.17, 15) is 13.0 Å². The molecule has 0 aliphatic heterocycles. The quantitative estimate of drug-likeness (QED) is 0.819. The summed E-state index contributed by atoms with van der Waals surface area (Å²) in [6.07, 6.45) is 1.10. The predicted molar refractivity (Wildman–Crippen MR) is 70.3 cm³/mol. The average molecular weight is 254 g/mol. The van der Waals surface area contributed by atoms with Crippen LogP contribution in [0.15, 0.2) is 30.8 Å². The fourth-order valence-electron chi connectivity index (χ4n) is 1.89. The topological polar surface area (TPSA) is 54.4 Å². The zero-order chi connectivity index (χ0) is 13.1. The van der Waals surface area contributed by atoms with Gasteiger partial charge in [-0.25, -0.2) is 0 Å². The molecule has 0 bridgehead atoms. The SMILES string of the molecule is C=C(C)c1ccccc1C(CCC)S(=O)(=O)O. The minimum atomic E-state index is -4.08. The lowest BCUT2D eigenvalue weighted by molar-refractivity contribution is 0.463. The standard InChI is InChI=1S/C13H18O3S/c1-4-7-13(17(14,15)16)12-9-6-5-8-11(12)10(2)3/h5-6,8-9,13H,2,4,7H2,1,3H3,(H,14,15,16). The van der Waals surface area contributed by atoms with Crippen molar-refractivity contribution in [2.45, 2.75) is 31.9 Å². The van der Waals surface area contributed by atoms with Crippen molar-refractivity contribution in [3.63, 3.8) is 0 Å². The molecule has 0 spiro atoms. The molecule has 0 aromatic heterocycles. The summed E-state index contributed by atoms with van der Waals surface area (Å²) in [5.41, 5.74) is 2.22. The third-order valence-electron chi connectivity index (χ3n) is 2.68. The van der Waals surface area contributed by atoms with Crippen LogP contribution in [0.25, 0.3) is 5.57 Å². The minimum absolute atomic E-state index is 0.406. The molecule has 0 heterocycles. The molecule has 0 fully saturated rings. The maximum atomic E-state index is 11.4. The van der Waals surface area contributed by atoms with Crippen molar-refractivity contribution < 1.29 is 13.0 Å². The number of hydrogen-bond donors (Lipinski definition) is 1. The summed E-state index contributed by atoms with van der Waals surface area (Å²) in [4.78, 5) is 0. The van der Waals surface area contributed by atoms with E-state index in [0.717, 1.165) is 11.1 Å². The third-order valence-corrected chi connectivity index (χ3v) is 3.89. The van der Waals surface area contributed by atoms with Gasteiger partial charge in [0.15, 0.2) is 0 Å². The summed E-state index contributed by atoms with van der Waals surface area (Å²) < 4.78 is 32.2. The van der Waals surface area contributed by atoms with Gasteiger partial charge in [-0.15, -0.1) is 0 Å². The smallest absolute Gasteiger partial charge is 0.272 e. The first-order valence-electron chi connectivity index (χ1n) is 5.59. The summed E-state index contributed by atoms with van der Waals surface area (Å²) in [5.74, 6) is 0. The van der Waals surface area contributed by atoms with Crippen LogP contribution in [0.1, 0.15) is 43.1 Å². The highest BCUT2D eigenvalue weighted by Gasteiger charge is 2.26. The second-order valence-corrected chi connectivity index (χ2v) is 5.76. The van der Waals surface area contributed by atoms with Gasteiger partial charge in [0.1, 0.15) is 5.25 Å². The fourth-order valence-corrected chi connectivity index (χ4v) is 2.95. The first-order valence-corrected chi connectivity index (χ1v) is 7.09. The lowest BCUT2D eigenvalue weighted by Crippen LogP contribution is -2.13. The Morgan fingerprint density at radius 1 is 1.41 bits per heavy atom. The lowest BCUT2D eigenvalue weighted by atomic mass is 9.97. The highest BCUT2D eigenvalue weighted by atomic mass is 32.2. The molecule has 1 rings (SSSR count). The Kier molecular flexibility index (Phi) is 4.48. The summed E-state index contributed by atoms with van der Waals surface area (Å²) in [6, 6.07) is 7.17. The van der Waals surface area contributed by atoms with Crippen LogP contribution in [0.4, 0.5) is 0 Å². The molecule has 94 valence electrons. The molecule has 1 aromatic rings. The highest BCUT2D eigenvalue weighted by Crippen LogP contribution is 2.31. The Morgan fingerprint density at radius 3 is 2.47 bits per heavy atom. The maximum absolute atomic E-state index is 11.4. The zero-order valence-corrected chi connectivity index (χ0v) is 11.0. The van der Waals surface area contributed by atoms with E-state index in [2.05, 4.69) is 6.58 Å². The Hall–Kier alpha value is -1.13. The van der Waals surface area contributed by atoms with Gasteiger partial charge in [-0.3, -0.25) is 4.55 Å². The summed E-state index contributed by atoms with van der Waals surface area (Å²) >= 11 is 0. The van der Waals surface area contributed by atoms with Crippen molar-refractivity contribution >= 4 is 15.7 Å². The molecule has 0 saturated heterocycles. The van der Waals surface area contributed by atoms with Gasteiger partial charge < -0.3 is 0 Å². The van der Waals surface area contributed by atoms with Crippen molar-refractivity contribution in [3.05, 3.63) is 42.0 Å². The van der Waals surface area contributed by atoms with Crippen molar-refractivity contribution in [3.8, 4) is 0 Å². The molecule has 0 saturated carbocycles. The van der Waals surface area contributed by atoms with E-state index in [-0.39, 0.29) is 0 Å². The molecule has 0 aliphatic rings. The van der Waals surface area contributed by atoms with Gasteiger partial charge in [0.2, 0.25) is 0 Å². The number of allylic oxidation sites excluding steroid dienone is 1. The van der Waals surface area contributed by atoms with Crippen LogP contribution in [-0.4, -0.2) is 13.0 Å². The molecule has 17 heavy (non-hydrogen) atoms. The molecule has 1 N–H and O–H groups in total. The van der Waals surface area contributed by atoms with Crippen LogP contribution in [0.5, 0.6) is 0 Å². The lowest BCUT2D eigenvalue weighted by Gasteiger charge is -2.17. The zero-order valence-electron chi connectivity index (χ0n) is 10.2. The molecular weight excluding hydrogens is 236 g/mol. The molecule has 1 atom stereocenters. The summed E-state index contributed by atoms with van der Waals surface area (Å²) in [6.45, 7) is 7.55. The second-order valence-electron chi connectivity index (χ2n) is 4.16. The van der Waals surface area contributed by atoms with Gasteiger partial charge in [0, 0.05) is 0 Å². The second kappa shape index (κ2) is 5.47. The first-order chi connectivity index (χ1) is 7.88. The fraction of sp³-hybridized carbons (Fsp3) is 0.385. The Labute approximate surface area is 103 Å². The molecule has 0 amide bonds. The average Bonchev–Trinajstić information content (AvgIpc) is 2.24. The molecule has 4 heteroatoms. The van der Waals surface area contributed by atoms with Crippen LogP contribution in [0, 0.1) is 0 Å². The van der Waals surface area contributed by atoms with Crippen molar-refractivity contribution in [1.82, 2.24) is 0 Å². The highest BCUT2D eigenvalue weighted by molar-refractivity contribution is 7.86.